The molecule has 6 rings (SSSR count). The second kappa shape index (κ2) is 7.92. The summed E-state index contributed by atoms with van der Waals surface area (Å²) in [5.41, 5.74) is 5.41. The van der Waals surface area contributed by atoms with Crippen molar-refractivity contribution in [3.05, 3.63) is 76.3 Å². The molecule has 0 saturated heterocycles. The zero-order valence-electron chi connectivity index (χ0n) is 19.0. The number of aryl methyl sites for hydroxylation is 1. The van der Waals surface area contributed by atoms with Crippen LogP contribution in [0.2, 0.25) is 0 Å². The van der Waals surface area contributed by atoms with E-state index in [1.165, 1.54) is 18.2 Å². The highest BCUT2D eigenvalue weighted by Crippen LogP contribution is 2.47. The van der Waals surface area contributed by atoms with Crippen LogP contribution in [-0.2, 0) is 29.5 Å². The lowest BCUT2D eigenvalue weighted by atomic mass is 9.83. The predicted octanol–water partition coefficient (Wildman–Crippen LogP) is 4.16. The third-order valence-corrected chi connectivity index (χ3v) is 8.16. The second-order valence-corrected chi connectivity index (χ2v) is 10.5. The number of methoxy groups -OCH3 is 1. The Labute approximate surface area is 198 Å². The molecule has 1 unspecified atom stereocenters. The quantitative estimate of drug-likeness (QED) is 0.521. The molecule has 0 aliphatic carbocycles. The average Bonchev–Trinajstić information content (AvgIpc) is 3.29. The van der Waals surface area contributed by atoms with Gasteiger partial charge in [-0.15, -0.1) is 0 Å². The summed E-state index contributed by atoms with van der Waals surface area (Å²) in [5, 5.41) is 0. The van der Waals surface area contributed by atoms with Gasteiger partial charge in [0.15, 0.2) is 23.0 Å². The molecule has 0 spiro atoms. The van der Waals surface area contributed by atoms with E-state index in [0.29, 0.717) is 12.3 Å². The summed E-state index contributed by atoms with van der Waals surface area (Å²) >= 11 is 0. The minimum absolute atomic E-state index is 0.120. The minimum Gasteiger partial charge on any atom is -0.493 e. The summed E-state index contributed by atoms with van der Waals surface area (Å²) < 4.78 is 48.7. The first-order valence-corrected chi connectivity index (χ1v) is 12.7. The molecule has 0 amide bonds. The van der Waals surface area contributed by atoms with Gasteiger partial charge in [0.25, 0.3) is 0 Å². The Hall–Kier alpha value is -3.23. The summed E-state index contributed by atoms with van der Waals surface area (Å²) in [5.74, 6) is 2.28. The molecule has 3 heterocycles. The molecule has 3 aromatic carbocycles. The molecule has 3 aliphatic heterocycles. The van der Waals surface area contributed by atoms with E-state index in [2.05, 4.69) is 17.0 Å². The molecule has 176 valence electrons. The maximum Gasteiger partial charge on any atom is 0.339 e. The van der Waals surface area contributed by atoms with Gasteiger partial charge < -0.3 is 18.4 Å². The van der Waals surface area contributed by atoms with E-state index in [9.17, 15) is 8.42 Å². The van der Waals surface area contributed by atoms with E-state index in [4.69, 9.17) is 18.4 Å². The first kappa shape index (κ1) is 21.3. The zero-order valence-corrected chi connectivity index (χ0v) is 19.9. The van der Waals surface area contributed by atoms with Crippen LogP contribution in [0.1, 0.15) is 33.9 Å². The Kier molecular flexibility index (Phi) is 4.97. The highest BCUT2D eigenvalue weighted by Gasteiger charge is 2.36. The third-order valence-electron chi connectivity index (χ3n) is 6.92. The van der Waals surface area contributed by atoms with Gasteiger partial charge in [-0.05, 0) is 66.8 Å². The largest absolute Gasteiger partial charge is 0.493 e. The van der Waals surface area contributed by atoms with Crippen molar-refractivity contribution >= 4 is 10.1 Å². The van der Waals surface area contributed by atoms with Gasteiger partial charge in [-0.3, -0.25) is 4.90 Å². The number of ether oxygens (including phenoxy) is 3. The smallest absolute Gasteiger partial charge is 0.339 e. The maximum atomic E-state index is 13.1. The summed E-state index contributed by atoms with van der Waals surface area (Å²) in [4.78, 5) is 2.49. The minimum atomic E-state index is -4.01. The van der Waals surface area contributed by atoms with Gasteiger partial charge in [0.2, 0.25) is 6.79 Å². The predicted molar refractivity (Wildman–Crippen MR) is 125 cm³/mol. The van der Waals surface area contributed by atoms with Crippen molar-refractivity contribution in [3.8, 4) is 23.0 Å². The number of fused-ring (bicyclic) bond motifs is 5. The molecule has 0 N–H and O–H groups in total. The monoisotopic (exact) mass is 479 g/mol. The molecule has 0 radical (unpaired) electrons. The highest BCUT2D eigenvalue weighted by molar-refractivity contribution is 7.87. The molecular weight excluding hydrogens is 454 g/mol. The van der Waals surface area contributed by atoms with Crippen LogP contribution in [0.15, 0.2) is 53.4 Å². The molecular formula is C26H25NO6S. The van der Waals surface area contributed by atoms with Crippen LogP contribution in [0.3, 0.4) is 0 Å². The van der Waals surface area contributed by atoms with E-state index in [1.807, 2.05) is 13.0 Å². The van der Waals surface area contributed by atoms with Crippen molar-refractivity contribution in [2.75, 3.05) is 20.4 Å². The Balaban J connectivity index is 1.38. The van der Waals surface area contributed by atoms with Crippen molar-refractivity contribution in [2.45, 2.75) is 37.2 Å². The molecule has 3 aromatic rings. The first-order chi connectivity index (χ1) is 16.4. The Bertz CT molecular complexity index is 1380. The maximum absolute atomic E-state index is 13.1. The van der Waals surface area contributed by atoms with E-state index in [0.717, 1.165) is 47.6 Å². The Morgan fingerprint density at radius 1 is 1.00 bits per heavy atom. The number of hydrogen-bond donors (Lipinski definition) is 0. The molecule has 0 bridgehead atoms. The van der Waals surface area contributed by atoms with Crippen LogP contribution in [0.4, 0.5) is 0 Å². The van der Waals surface area contributed by atoms with Gasteiger partial charge in [0, 0.05) is 24.7 Å². The van der Waals surface area contributed by atoms with Crippen molar-refractivity contribution in [3.63, 3.8) is 0 Å². The lowest BCUT2D eigenvalue weighted by molar-refractivity contribution is 0.159. The molecule has 1 atom stereocenters. The molecule has 7 nitrogen and oxygen atoms in total. The van der Waals surface area contributed by atoms with Gasteiger partial charge in [-0.25, -0.2) is 0 Å². The Morgan fingerprint density at radius 2 is 1.76 bits per heavy atom. The van der Waals surface area contributed by atoms with Crippen LogP contribution in [0.25, 0.3) is 0 Å². The van der Waals surface area contributed by atoms with Gasteiger partial charge in [0.05, 0.1) is 7.11 Å². The van der Waals surface area contributed by atoms with E-state index < -0.39 is 10.1 Å². The van der Waals surface area contributed by atoms with Crippen LogP contribution >= 0.6 is 0 Å². The number of rotatable bonds is 4. The summed E-state index contributed by atoms with van der Waals surface area (Å²) in [6, 6.07) is 14.8. The standard InChI is InChI=1S/C26H25NO6S/c1-16-3-6-19(7-4-16)34(28,29)33-26-21-14-27-10-9-18-12-24-25(32-15-31-24)13-20(18)22(27)11-17(21)5-8-23(26)30-2/h3-8,12-13,22H,9-11,14-15H2,1-2H3. The summed E-state index contributed by atoms with van der Waals surface area (Å²) in [6.45, 7) is 3.60. The van der Waals surface area contributed by atoms with Gasteiger partial charge in [0.1, 0.15) is 4.90 Å². The van der Waals surface area contributed by atoms with Crippen molar-refractivity contribution < 1.29 is 26.8 Å². The molecule has 0 fully saturated rings. The van der Waals surface area contributed by atoms with Crippen molar-refractivity contribution in [2.24, 2.45) is 0 Å². The van der Waals surface area contributed by atoms with Crippen molar-refractivity contribution in [1.29, 1.82) is 0 Å². The summed E-state index contributed by atoms with van der Waals surface area (Å²) in [6.07, 6.45) is 1.63. The van der Waals surface area contributed by atoms with Gasteiger partial charge in [-0.2, -0.15) is 8.42 Å². The highest BCUT2D eigenvalue weighted by atomic mass is 32.2. The van der Waals surface area contributed by atoms with E-state index in [1.54, 1.807) is 30.3 Å². The fraction of sp³-hybridized carbons (Fsp3) is 0.308. The first-order valence-electron chi connectivity index (χ1n) is 11.3. The average molecular weight is 480 g/mol. The van der Waals surface area contributed by atoms with E-state index >= 15 is 0 Å². The number of benzene rings is 3. The molecule has 34 heavy (non-hydrogen) atoms. The van der Waals surface area contributed by atoms with Crippen LogP contribution in [0.5, 0.6) is 23.0 Å². The van der Waals surface area contributed by atoms with Gasteiger partial charge in [-0.1, -0.05) is 23.8 Å². The number of hydrogen-bond acceptors (Lipinski definition) is 7. The third kappa shape index (κ3) is 3.49. The van der Waals surface area contributed by atoms with Crippen LogP contribution in [0, 0.1) is 6.92 Å². The number of nitrogens with zero attached hydrogens (tertiary/aromatic N) is 1. The fourth-order valence-corrected chi connectivity index (χ4v) is 6.08. The molecule has 0 saturated carbocycles. The van der Waals surface area contributed by atoms with Crippen molar-refractivity contribution in [1.82, 2.24) is 4.90 Å². The summed E-state index contributed by atoms with van der Waals surface area (Å²) in [7, 11) is -2.48. The van der Waals surface area contributed by atoms with Crippen LogP contribution in [-0.4, -0.2) is 33.8 Å². The van der Waals surface area contributed by atoms with Gasteiger partial charge >= 0.3 is 10.1 Å². The second-order valence-electron chi connectivity index (χ2n) is 8.93. The van der Waals surface area contributed by atoms with Crippen LogP contribution < -0.4 is 18.4 Å². The normalized spacial score (nSPS) is 18.6. The SMILES string of the molecule is COc1ccc2c(c1OS(=O)(=O)c1ccc(C)cc1)CN1CCc3cc4c(cc3C1C2)OCO4. The topological polar surface area (TPSA) is 74.3 Å². The fourth-order valence-electron chi connectivity index (χ4n) is 5.11. The molecule has 8 heteroatoms. The molecule has 3 aliphatic rings. The zero-order chi connectivity index (χ0) is 23.4. The Morgan fingerprint density at radius 3 is 2.53 bits per heavy atom. The lowest BCUT2D eigenvalue weighted by Crippen LogP contribution is -2.39. The van der Waals surface area contributed by atoms with E-state index in [-0.39, 0.29) is 23.5 Å². The molecule has 0 aromatic heterocycles. The lowest BCUT2D eigenvalue weighted by Gasteiger charge is -2.42.